The van der Waals surface area contributed by atoms with E-state index in [9.17, 15) is 4.79 Å². The summed E-state index contributed by atoms with van der Waals surface area (Å²) in [7, 11) is 2.05. The summed E-state index contributed by atoms with van der Waals surface area (Å²) in [5.41, 5.74) is 1.29. The molecule has 3 rings (SSSR count). The molecular formula is C18H30N4O2. The van der Waals surface area contributed by atoms with Crippen molar-refractivity contribution in [2.24, 2.45) is 7.05 Å². The van der Waals surface area contributed by atoms with Gasteiger partial charge in [0.1, 0.15) is 0 Å². The van der Waals surface area contributed by atoms with Crippen molar-refractivity contribution in [2.75, 3.05) is 26.2 Å². The first-order valence-electron chi connectivity index (χ1n) is 9.12. The number of amides is 2. The second kappa shape index (κ2) is 8.03. The summed E-state index contributed by atoms with van der Waals surface area (Å²) in [6.07, 6.45) is 6.58. The molecule has 0 radical (unpaired) electrons. The highest BCUT2D eigenvalue weighted by atomic mass is 16.5. The Morgan fingerprint density at radius 3 is 3.17 bits per heavy atom. The Morgan fingerprint density at radius 2 is 2.38 bits per heavy atom. The zero-order valence-electron chi connectivity index (χ0n) is 14.8. The third-order valence-electron chi connectivity index (χ3n) is 5.21. The van der Waals surface area contributed by atoms with Gasteiger partial charge in [-0.25, -0.2) is 4.79 Å². The second-order valence-corrected chi connectivity index (χ2v) is 7.15. The number of aromatic nitrogens is 1. The fourth-order valence-corrected chi connectivity index (χ4v) is 3.68. The van der Waals surface area contributed by atoms with E-state index in [-0.39, 0.29) is 18.2 Å². The number of hydrogen-bond acceptors (Lipinski definition) is 3. The van der Waals surface area contributed by atoms with Crippen LogP contribution in [0.25, 0.3) is 0 Å². The number of morpholine rings is 1. The van der Waals surface area contributed by atoms with Gasteiger partial charge in [-0.1, -0.05) is 0 Å². The average molecular weight is 334 g/mol. The first-order chi connectivity index (χ1) is 11.6. The number of urea groups is 1. The average Bonchev–Trinajstić information content (AvgIpc) is 3.19. The summed E-state index contributed by atoms with van der Waals surface area (Å²) < 4.78 is 7.99. The minimum Gasteiger partial charge on any atom is -0.373 e. The largest absolute Gasteiger partial charge is 0.373 e. The molecule has 3 heterocycles. The summed E-state index contributed by atoms with van der Waals surface area (Å²) >= 11 is 0. The van der Waals surface area contributed by atoms with Gasteiger partial charge in [-0.15, -0.1) is 0 Å². The highest BCUT2D eigenvalue weighted by molar-refractivity contribution is 5.74. The van der Waals surface area contributed by atoms with E-state index in [0.29, 0.717) is 12.6 Å². The Kier molecular flexibility index (Phi) is 5.79. The van der Waals surface area contributed by atoms with Gasteiger partial charge in [-0.2, -0.15) is 0 Å². The quantitative estimate of drug-likeness (QED) is 0.829. The van der Waals surface area contributed by atoms with Crippen LogP contribution in [0.2, 0.25) is 0 Å². The van der Waals surface area contributed by atoms with Gasteiger partial charge in [0, 0.05) is 44.1 Å². The maximum atomic E-state index is 12.1. The number of nitrogens with zero attached hydrogens (tertiary/aromatic N) is 2. The molecule has 0 spiro atoms. The van der Waals surface area contributed by atoms with Gasteiger partial charge in [-0.05, 0) is 51.3 Å². The molecule has 6 nitrogen and oxygen atoms in total. The molecule has 1 aromatic rings. The SMILES string of the molecule is C[C@H](CCc1cccn1C)NC(=O)NC[C@H]1CN2CCC[C@@H]2CO1. The van der Waals surface area contributed by atoms with Crippen LogP contribution in [0.1, 0.15) is 31.9 Å². The third-order valence-corrected chi connectivity index (χ3v) is 5.21. The maximum Gasteiger partial charge on any atom is 0.315 e. The molecule has 2 saturated heterocycles. The molecule has 0 saturated carbocycles. The molecule has 2 amide bonds. The van der Waals surface area contributed by atoms with Crippen molar-refractivity contribution < 1.29 is 9.53 Å². The van der Waals surface area contributed by atoms with Crippen LogP contribution < -0.4 is 10.6 Å². The van der Waals surface area contributed by atoms with Crippen molar-refractivity contribution in [2.45, 2.75) is 50.8 Å². The summed E-state index contributed by atoms with van der Waals surface area (Å²) in [6.45, 7) is 5.55. The van der Waals surface area contributed by atoms with Crippen molar-refractivity contribution in [1.29, 1.82) is 0 Å². The lowest BCUT2D eigenvalue weighted by molar-refractivity contribution is -0.0458. The normalized spacial score (nSPS) is 25.2. The predicted molar refractivity (Wildman–Crippen MR) is 94.1 cm³/mol. The van der Waals surface area contributed by atoms with Gasteiger partial charge >= 0.3 is 6.03 Å². The molecule has 0 aromatic carbocycles. The molecule has 0 aliphatic carbocycles. The summed E-state index contributed by atoms with van der Waals surface area (Å²) in [5, 5.41) is 5.98. The van der Waals surface area contributed by atoms with Crippen LogP contribution in [-0.2, 0) is 18.2 Å². The molecular weight excluding hydrogens is 304 g/mol. The molecule has 0 unspecified atom stereocenters. The maximum absolute atomic E-state index is 12.1. The molecule has 2 N–H and O–H groups in total. The zero-order chi connectivity index (χ0) is 16.9. The van der Waals surface area contributed by atoms with Crippen LogP contribution in [0, 0.1) is 0 Å². The Labute approximate surface area is 144 Å². The number of aryl methyl sites for hydroxylation is 2. The number of carbonyl (C=O) groups excluding carboxylic acids is 1. The van der Waals surface area contributed by atoms with E-state index in [0.717, 1.165) is 26.0 Å². The fraction of sp³-hybridized carbons (Fsp3) is 0.722. The standard InChI is InChI=1S/C18H30N4O2/c1-14(7-8-15-5-3-9-21(15)2)20-18(23)19-11-17-12-22-10-4-6-16(22)13-24-17/h3,5,9,14,16-17H,4,6-8,10-13H2,1-2H3,(H2,19,20,23)/t14-,16-,17+/m1/s1. The summed E-state index contributed by atoms with van der Waals surface area (Å²) in [4.78, 5) is 14.6. The van der Waals surface area contributed by atoms with Crippen molar-refractivity contribution in [3.8, 4) is 0 Å². The van der Waals surface area contributed by atoms with Crippen LogP contribution in [0.4, 0.5) is 4.79 Å². The highest BCUT2D eigenvalue weighted by Gasteiger charge is 2.32. The number of hydrogen-bond donors (Lipinski definition) is 2. The lowest BCUT2D eigenvalue weighted by Gasteiger charge is -2.35. The molecule has 2 aliphatic rings. The number of fused-ring (bicyclic) bond motifs is 1. The lowest BCUT2D eigenvalue weighted by Crippen LogP contribution is -2.51. The summed E-state index contributed by atoms with van der Waals surface area (Å²) in [5.74, 6) is 0. The van der Waals surface area contributed by atoms with Crippen LogP contribution in [0.15, 0.2) is 18.3 Å². The Balaban J connectivity index is 1.32. The van der Waals surface area contributed by atoms with E-state index in [4.69, 9.17) is 4.74 Å². The van der Waals surface area contributed by atoms with Crippen LogP contribution in [0.3, 0.4) is 0 Å². The van der Waals surface area contributed by atoms with Gasteiger partial charge in [0.15, 0.2) is 0 Å². The molecule has 2 aliphatic heterocycles. The van der Waals surface area contributed by atoms with Crippen molar-refractivity contribution in [3.05, 3.63) is 24.0 Å². The first kappa shape index (κ1) is 17.3. The lowest BCUT2D eigenvalue weighted by atomic mass is 10.1. The zero-order valence-corrected chi connectivity index (χ0v) is 14.8. The van der Waals surface area contributed by atoms with E-state index in [1.165, 1.54) is 25.1 Å². The van der Waals surface area contributed by atoms with Crippen LogP contribution >= 0.6 is 0 Å². The van der Waals surface area contributed by atoms with Crippen molar-refractivity contribution in [3.63, 3.8) is 0 Å². The second-order valence-electron chi connectivity index (χ2n) is 7.15. The summed E-state index contributed by atoms with van der Waals surface area (Å²) in [6, 6.07) is 4.83. The molecule has 2 fully saturated rings. The van der Waals surface area contributed by atoms with Gasteiger partial charge in [0.25, 0.3) is 0 Å². The van der Waals surface area contributed by atoms with E-state index < -0.39 is 0 Å². The predicted octanol–water partition coefficient (Wildman–Crippen LogP) is 1.51. The third kappa shape index (κ3) is 4.51. The molecule has 0 bridgehead atoms. The first-order valence-corrected chi connectivity index (χ1v) is 9.12. The van der Waals surface area contributed by atoms with E-state index in [2.05, 4.69) is 52.4 Å². The van der Waals surface area contributed by atoms with Gasteiger partial charge < -0.3 is 19.9 Å². The van der Waals surface area contributed by atoms with E-state index >= 15 is 0 Å². The van der Waals surface area contributed by atoms with Gasteiger partial charge in [0.05, 0.1) is 12.7 Å². The number of nitrogens with one attached hydrogen (secondary N) is 2. The minimum absolute atomic E-state index is 0.0958. The molecule has 1 aromatic heterocycles. The van der Waals surface area contributed by atoms with Gasteiger partial charge in [0.2, 0.25) is 0 Å². The van der Waals surface area contributed by atoms with Crippen molar-refractivity contribution in [1.82, 2.24) is 20.1 Å². The fourth-order valence-electron chi connectivity index (χ4n) is 3.68. The number of carbonyl (C=O) groups is 1. The Hall–Kier alpha value is -1.53. The minimum atomic E-state index is -0.0958. The Bertz CT molecular complexity index is 545. The number of rotatable bonds is 6. The monoisotopic (exact) mass is 334 g/mol. The molecule has 3 atom stereocenters. The smallest absolute Gasteiger partial charge is 0.315 e. The van der Waals surface area contributed by atoms with Crippen molar-refractivity contribution >= 4 is 6.03 Å². The molecule has 134 valence electrons. The topological polar surface area (TPSA) is 58.5 Å². The highest BCUT2D eigenvalue weighted by Crippen LogP contribution is 2.22. The van der Waals surface area contributed by atoms with Gasteiger partial charge in [-0.3, -0.25) is 4.90 Å². The van der Waals surface area contributed by atoms with Crippen LogP contribution in [0.5, 0.6) is 0 Å². The van der Waals surface area contributed by atoms with Crippen LogP contribution in [-0.4, -0.2) is 59.9 Å². The number of ether oxygens (including phenoxy) is 1. The molecule has 6 heteroatoms. The Morgan fingerprint density at radius 1 is 1.50 bits per heavy atom. The molecule has 24 heavy (non-hydrogen) atoms. The van der Waals surface area contributed by atoms with E-state index in [1.54, 1.807) is 0 Å². The van der Waals surface area contributed by atoms with E-state index in [1.807, 2.05) is 0 Å².